The Morgan fingerprint density at radius 2 is 1.67 bits per heavy atom. The van der Waals surface area contributed by atoms with Crippen molar-refractivity contribution >= 4 is 18.1 Å². The highest BCUT2D eigenvalue weighted by Gasteiger charge is 2.11. The van der Waals surface area contributed by atoms with Gasteiger partial charge in [0, 0.05) is 13.1 Å². The van der Waals surface area contributed by atoms with E-state index in [9.17, 15) is 9.59 Å². The first-order chi connectivity index (χ1) is 13.1. The van der Waals surface area contributed by atoms with Crippen molar-refractivity contribution in [2.24, 2.45) is 9.98 Å². The maximum atomic E-state index is 11.7. The quantitative estimate of drug-likeness (QED) is 0.263. The second-order valence-corrected chi connectivity index (χ2v) is 6.40. The van der Waals surface area contributed by atoms with Crippen molar-refractivity contribution in [1.29, 1.82) is 0 Å². The molecule has 1 rings (SSSR count). The van der Waals surface area contributed by atoms with Crippen molar-refractivity contribution in [1.82, 2.24) is 10.2 Å². The fourth-order valence-electron chi connectivity index (χ4n) is 2.23. The molecule has 0 saturated heterocycles. The molecule has 0 fully saturated rings. The average Bonchev–Trinajstić information content (AvgIpc) is 2.66. The molecule has 0 spiro atoms. The number of rotatable bonds is 12. The molecule has 1 N–H and O–H groups in total. The molecule has 0 aromatic heterocycles. The van der Waals surface area contributed by atoms with Gasteiger partial charge in [0.1, 0.15) is 0 Å². The number of alkyl carbamates (subject to hydrolysis) is 1. The van der Waals surface area contributed by atoms with Crippen LogP contribution in [0, 0.1) is 0 Å². The first kappa shape index (κ1) is 22.5. The molecular weight excluding hydrogens is 344 g/mol. The standard InChI is InChI=1S/C20H30N4O3/c1-24(2)16-10-14-22-17-21-13-8-3-4-9-15-23-20(26)27-19(25)18-11-6-5-7-12-18/h5-7,11-12H,3-4,8-10,13-16H2,1-2H3,(H,23,26). The second kappa shape index (κ2) is 14.6. The van der Waals surface area contributed by atoms with Crippen molar-refractivity contribution < 1.29 is 14.3 Å². The third kappa shape index (κ3) is 12.5. The predicted octanol–water partition coefficient (Wildman–Crippen LogP) is 3.24. The van der Waals surface area contributed by atoms with E-state index in [4.69, 9.17) is 4.74 Å². The van der Waals surface area contributed by atoms with Crippen LogP contribution in [-0.2, 0) is 4.74 Å². The molecule has 0 aliphatic carbocycles. The van der Waals surface area contributed by atoms with Gasteiger partial charge in [-0.1, -0.05) is 31.0 Å². The maximum absolute atomic E-state index is 11.7. The van der Waals surface area contributed by atoms with Crippen molar-refractivity contribution in [3.8, 4) is 0 Å². The zero-order valence-corrected chi connectivity index (χ0v) is 16.3. The van der Waals surface area contributed by atoms with Crippen LogP contribution in [0.3, 0.4) is 0 Å². The molecule has 0 bridgehead atoms. The molecule has 0 aliphatic heterocycles. The monoisotopic (exact) mass is 374 g/mol. The van der Waals surface area contributed by atoms with Crippen LogP contribution in [0.1, 0.15) is 42.5 Å². The van der Waals surface area contributed by atoms with Gasteiger partial charge in [0.2, 0.25) is 0 Å². The van der Waals surface area contributed by atoms with Gasteiger partial charge in [0.25, 0.3) is 0 Å². The number of aliphatic imine (C=N–C) groups is 2. The van der Waals surface area contributed by atoms with E-state index >= 15 is 0 Å². The SMILES string of the molecule is CN(C)CCCN=C=NCCCCCCNC(=O)OC(=O)c1ccccc1. The minimum absolute atomic E-state index is 0.356. The van der Waals surface area contributed by atoms with Crippen molar-refractivity contribution in [3.05, 3.63) is 35.9 Å². The van der Waals surface area contributed by atoms with Crippen molar-refractivity contribution in [2.45, 2.75) is 32.1 Å². The maximum Gasteiger partial charge on any atom is 0.415 e. The predicted molar refractivity (Wildman–Crippen MR) is 106 cm³/mol. The average molecular weight is 374 g/mol. The smallest absolute Gasteiger partial charge is 0.373 e. The number of hydrogen-bond donors (Lipinski definition) is 1. The van der Waals surface area contributed by atoms with E-state index in [1.165, 1.54) is 0 Å². The summed E-state index contributed by atoms with van der Waals surface area (Å²) in [6, 6.07) is 11.2. The van der Waals surface area contributed by atoms with Gasteiger partial charge in [-0.2, -0.15) is 0 Å². The number of nitrogens with zero attached hydrogens (tertiary/aromatic N) is 3. The summed E-state index contributed by atoms with van der Waals surface area (Å²) in [6.45, 7) is 2.99. The Kier molecular flexibility index (Phi) is 12.2. The van der Waals surface area contributed by atoms with E-state index in [1.807, 2.05) is 14.1 Å². The summed E-state index contributed by atoms with van der Waals surface area (Å²) in [7, 11) is 4.08. The number of ether oxygens (including phenoxy) is 1. The molecule has 27 heavy (non-hydrogen) atoms. The lowest BCUT2D eigenvalue weighted by atomic mass is 10.2. The zero-order chi connectivity index (χ0) is 19.7. The molecule has 0 atom stereocenters. The third-order valence-electron chi connectivity index (χ3n) is 3.68. The lowest BCUT2D eigenvalue weighted by Gasteiger charge is -2.05. The number of carbonyl (C=O) groups is 2. The van der Waals surface area contributed by atoms with Crippen molar-refractivity contribution in [2.75, 3.05) is 40.3 Å². The Morgan fingerprint density at radius 1 is 1.00 bits per heavy atom. The Balaban J connectivity index is 1.97. The van der Waals surface area contributed by atoms with Crippen LogP contribution in [0.15, 0.2) is 40.3 Å². The van der Waals surface area contributed by atoms with E-state index in [-0.39, 0.29) is 0 Å². The molecule has 1 amide bonds. The molecule has 0 radical (unpaired) electrons. The number of esters is 1. The van der Waals surface area contributed by atoms with Gasteiger partial charge in [0.05, 0.1) is 18.1 Å². The lowest BCUT2D eigenvalue weighted by Crippen LogP contribution is -2.27. The molecule has 148 valence electrons. The molecule has 0 aliphatic rings. The molecular formula is C20H30N4O3. The summed E-state index contributed by atoms with van der Waals surface area (Å²) in [6.07, 6.45) is 4.10. The number of nitrogens with one attached hydrogen (secondary N) is 1. The summed E-state index contributed by atoms with van der Waals surface area (Å²) >= 11 is 0. The summed E-state index contributed by atoms with van der Waals surface area (Å²) in [4.78, 5) is 33.6. The molecule has 7 nitrogen and oxygen atoms in total. The normalized spacial score (nSPS) is 10.2. The van der Waals surface area contributed by atoms with Crippen LogP contribution in [0.2, 0.25) is 0 Å². The number of benzene rings is 1. The first-order valence-corrected chi connectivity index (χ1v) is 9.37. The van der Waals surface area contributed by atoms with E-state index in [2.05, 4.69) is 26.2 Å². The highest BCUT2D eigenvalue weighted by Crippen LogP contribution is 2.02. The summed E-state index contributed by atoms with van der Waals surface area (Å²) < 4.78 is 4.72. The molecule has 7 heteroatoms. The lowest BCUT2D eigenvalue weighted by molar-refractivity contribution is 0.0622. The first-order valence-electron chi connectivity index (χ1n) is 9.37. The van der Waals surface area contributed by atoms with Gasteiger partial charge in [-0.25, -0.2) is 19.6 Å². The van der Waals surface area contributed by atoms with Crippen molar-refractivity contribution in [3.63, 3.8) is 0 Å². The largest absolute Gasteiger partial charge is 0.415 e. The summed E-state index contributed by atoms with van der Waals surface area (Å²) in [5.74, 6) is -0.644. The van der Waals surface area contributed by atoms with Crippen LogP contribution in [0.5, 0.6) is 0 Å². The minimum Gasteiger partial charge on any atom is -0.373 e. The number of unbranched alkanes of at least 4 members (excludes halogenated alkanes) is 3. The number of amides is 1. The van der Waals surface area contributed by atoms with E-state index in [1.54, 1.807) is 30.3 Å². The van der Waals surface area contributed by atoms with Gasteiger partial charge >= 0.3 is 12.1 Å². The van der Waals surface area contributed by atoms with Gasteiger partial charge in [-0.3, -0.25) is 0 Å². The van der Waals surface area contributed by atoms with Crippen LogP contribution >= 0.6 is 0 Å². The fourth-order valence-corrected chi connectivity index (χ4v) is 2.23. The van der Waals surface area contributed by atoms with Gasteiger partial charge < -0.3 is 15.0 Å². The highest BCUT2D eigenvalue weighted by atomic mass is 16.6. The second-order valence-electron chi connectivity index (χ2n) is 6.40. The number of carbonyl (C=O) groups excluding carboxylic acids is 2. The molecule has 1 aromatic carbocycles. The zero-order valence-electron chi connectivity index (χ0n) is 16.3. The van der Waals surface area contributed by atoms with Gasteiger partial charge in [0.15, 0.2) is 0 Å². The molecule has 0 heterocycles. The van der Waals surface area contributed by atoms with Crippen LogP contribution in [0.4, 0.5) is 4.79 Å². The van der Waals surface area contributed by atoms with E-state index in [0.717, 1.165) is 51.7 Å². The van der Waals surface area contributed by atoms with Gasteiger partial charge in [-0.05, 0) is 52.0 Å². The topological polar surface area (TPSA) is 83.4 Å². The molecule has 0 unspecified atom stereocenters. The Labute approximate surface area is 161 Å². The Hall–Kier alpha value is -2.50. The van der Waals surface area contributed by atoms with E-state index in [0.29, 0.717) is 12.1 Å². The highest BCUT2D eigenvalue weighted by molar-refractivity contribution is 5.96. The van der Waals surface area contributed by atoms with E-state index < -0.39 is 12.1 Å². The van der Waals surface area contributed by atoms with Crippen LogP contribution in [0.25, 0.3) is 0 Å². The fraction of sp³-hybridized carbons (Fsp3) is 0.550. The summed E-state index contributed by atoms with van der Waals surface area (Å²) in [5.41, 5.74) is 0.356. The minimum atomic E-state index is -0.709. The Bertz CT molecular complexity index is 611. The Morgan fingerprint density at radius 3 is 2.37 bits per heavy atom. The third-order valence-corrected chi connectivity index (χ3v) is 3.68. The van der Waals surface area contributed by atoms with Crippen LogP contribution < -0.4 is 5.32 Å². The molecule has 1 aromatic rings. The molecule has 0 saturated carbocycles. The van der Waals surface area contributed by atoms with Gasteiger partial charge in [-0.15, -0.1) is 0 Å². The number of hydrogen-bond acceptors (Lipinski definition) is 6. The summed E-state index contributed by atoms with van der Waals surface area (Å²) in [5, 5.41) is 2.59. The van der Waals surface area contributed by atoms with Crippen LogP contribution in [-0.4, -0.2) is 63.2 Å².